The van der Waals surface area contributed by atoms with Crippen LogP contribution in [0.4, 0.5) is 0 Å². The van der Waals surface area contributed by atoms with Gasteiger partial charge in [-0.2, -0.15) is 5.26 Å². The molecule has 94 valence electrons. The van der Waals surface area contributed by atoms with Crippen molar-refractivity contribution < 1.29 is 4.74 Å². The van der Waals surface area contributed by atoms with Gasteiger partial charge in [-0.1, -0.05) is 25.0 Å². The summed E-state index contributed by atoms with van der Waals surface area (Å²) in [5, 5.41) is 16.9. The lowest BCUT2D eigenvalue weighted by molar-refractivity contribution is 0.110. The van der Waals surface area contributed by atoms with E-state index in [0.29, 0.717) is 0 Å². The molecule has 0 radical (unpaired) electrons. The Balaban J connectivity index is 2.85. The minimum atomic E-state index is -0.0741. The largest absolute Gasteiger partial charge is 0.375 e. The maximum Gasteiger partial charge on any atom is 0.103 e. The zero-order valence-electron chi connectivity index (χ0n) is 10.8. The van der Waals surface area contributed by atoms with Crippen molar-refractivity contribution in [1.82, 2.24) is 15.0 Å². The van der Waals surface area contributed by atoms with Crippen LogP contribution in [0.25, 0.3) is 0 Å². The van der Waals surface area contributed by atoms with E-state index in [1.807, 2.05) is 11.6 Å². The summed E-state index contributed by atoms with van der Waals surface area (Å²) in [5.41, 5.74) is 1.67. The van der Waals surface area contributed by atoms with Gasteiger partial charge in [0.2, 0.25) is 0 Å². The van der Waals surface area contributed by atoms with Gasteiger partial charge in [0.05, 0.1) is 24.3 Å². The molecular weight excluding hydrogens is 216 g/mol. The van der Waals surface area contributed by atoms with Gasteiger partial charge in [0.15, 0.2) is 0 Å². The number of nitrogens with zero attached hydrogens (tertiary/aromatic N) is 4. The first kappa shape index (κ1) is 13.7. The Labute approximate surface area is 102 Å². The van der Waals surface area contributed by atoms with E-state index in [9.17, 15) is 0 Å². The van der Waals surface area contributed by atoms with Gasteiger partial charge in [-0.25, -0.2) is 4.68 Å². The van der Waals surface area contributed by atoms with Crippen molar-refractivity contribution in [2.45, 2.75) is 52.2 Å². The fraction of sp³-hybridized carbons (Fsp3) is 0.750. The monoisotopic (exact) mass is 236 g/mol. The van der Waals surface area contributed by atoms with Gasteiger partial charge in [-0.05, 0) is 13.3 Å². The molecule has 1 unspecified atom stereocenters. The number of aryl methyl sites for hydroxylation is 1. The summed E-state index contributed by atoms with van der Waals surface area (Å²) in [6.45, 7) is 4.96. The molecule has 5 heteroatoms. The van der Waals surface area contributed by atoms with E-state index in [1.54, 1.807) is 7.11 Å². The van der Waals surface area contributed by atoms with E-state index in [0.717, 1.165) is 24.4 Å². The molecule has 1 atom stereocenters. The summed E-state index contributed by atoms with van der Waals surface area (Å²) in [5.74, 6) is 0. The van der Waals surface area contributed by atoms with E-state index in [-0.39, 0.29) is 12.5 Å². The summed E-state index contributed by atoms with van der Waals surface area (Å²) in [7, 11) is 1.66. The highest BCUT2D eigenvalue weighted by Crippen LogP contribution is 2.19. The van der Waals surface area contributed by atoms with Crippen LogP contribution in [0.5, 0.6) is 0 Å². The molecule has 0 saturated carbocycles. The number of hydrogen-bond acceptors (Lipinski definition) is 4. The third kappa shape index (κ3) is 3.53. The average molecular weight is 236 g/mol. The zero-order valence-corrected chi connectivity index (χ0v) is 10.8. The first-order valence-electron chi connectivity index (χ1n) is 6.06. The topological polar surface area (TPSA) is 63.7 Å². The highest BCUT2D eigenvalue weighted by atomic mass is 16.5. The number of hydrogen-bond donors (Lipinski definition) is 0. The Hall–Kier alpha value is -1.41. The van der Waals surface area contributed by atoms with Crippen molar-refractivity contribution in [3.8, 4) is 6.07 Å². The van der Waals surface area contributed by atoms with E-state index in [1.165, 1.54) is 12.8 Å². The fourth-order valence-electron chi connectivity index (χ4n) is 1.79. The van der Waals surface area contributed by atoms with Gasteiger partial charge < -0.3 is 4.74 Å². The van der Waals surface area contributed by atoms with Gasteiger partial charge in [-0.15, -0.1) is 5.10 Å². The maximum absolute atomic E-state index is 8.75. The Bertz CT molecular complexity index is 380. The van der Waals surface area contributed by atoms with Gasteiger partial charge in [0.1, 0.15) is 5.69 Å². The lowest BCUT2D eigenvalue weighted by Gasteiger charge is -2.12. The van der Waals surface area contributed by atoms with Crippen molar-refractivity contribution in [2.75, 3.05) is 7.11 Å². The van der Waals surface area contributed by atoms with Gasteiger partial charge in [-0.3, -0.25) is 0 Å². The van der Waals surface area contributed by atoms with Crippen LogP contribution in [0, 0.1) is 11.3 Å². The predicted molar refractivity (Wildman–Crippen MR) is 64.3 cm³/mol. The molecule has 0 saturated heterocycles. The smallest absolute Gasteiger partial charge is 0.103 e. The fourth-order valence-corrected chi connectivity index (χ4v) is 1.79. The molecule has 1 aromatic heterocycles. The van der Waals surface area contributed by atoms with Crippen LogP contribution in [0.15, 0.2) is 0 Å². The second-order valence-corrected chi connectivity index (χ2v) is 4.06. The third-order valence-corrected chi connectivity index (χ3v) is 2.81. The van der Waals surface area contributed by atoms with Crippen molar-refractivity contribution in [3.05, 3.63) is 11.4 Å². The summed E-state index contributed by atoms with van der Waals surface area (Å²) < 4.78 is 7.19. The molecule has 1 aromatic rings. The van der Waals surface area contributed by atoms with Crippen molar-refractivity contribution in [1.29, 1.82) is 5.26 Å². The van der Waals surface area contributed by atoms with Crippen LogP contribution in [0.3, 0.4) is 0 Å². The number of methoxy groups -OCH3 is 1. The second-order valence-electron chi connectivity index (χ2n) is 4.06. The molecule has 0 aliphatic carbocycles. The summed E-state index contributed by atoms with van der Waals surface area (Å²) >= 11 is 0. The zero-order chi connectivity index (χ0) is 12.7. The van der Waals surface area contributed by atoms with Crippen molar-refractivity contribution in [2.24, 2.45) is 0 Å². The van der Waals surface area contributed by atoms with Crippen molar-refractivity contribution >= 4 is 0 Å². The molecule has 0 fully saturated rings. The number of unbranched alkanes of at least 4 members (excludes halogenated alkanes) is 2. The average Bonchev–Trinajstić information content (AvgIpc) is 2.72. The van der Waals surface area contributed by atoms with E-state index in [4.69, 9.17) is 10.00 Å². The van der Waals surface area contributed by atoms with Crippen LogP contribution >= 0.6 is 0 Å². The predicted octanol–water partition coefficient (Wildman–Crippen LogP) is 2.24. The Morgan fingerprint density at radius 1 is 1.47 bits per heavy atom. The molecule has 1 rings (SSSR count). The number of ether oxygens (including phenoxy) is 1. The molecule has 0 spiro atoms. The number of nitriles is 1. The maximum atomic E-state index is 8.75. The van der Waals surface area contributed by atoms with Crippen LogP contribution in [0.2, 0.25) is 0 Å². The van der Waals surface area contributed by atoms with Crippen LogP contribution in [-0.2, 0) is 17.7 Å². The molecule has 0 aliphatic rings. The molecule has 5 nitrogen and oxygen atoms in total. The van der Waals surface area contributed by atoms with Crippen LogP contribution < -0.4 is 0 Å². The number of rotatable bonds is 7. The highest BCUT2D eigenvalue weighted by molar-refractivity contribution is 5.16. The van der Waals surface area contributed by atoms with E-state index >= 15 is 0 Å². The Morgan fingerprint density at radius 2 is 2.24 bits per heavy atom. The minimum Gasteiger partial charge on any atom is -0.375 e. The Morgan fingerprint density at radius 3 is 2.82 bits per heavy atom. The highest BCUT2D eigenvalue weighted by Gasteiger charge is 2.18. The molecule has 0 aromatic carbocycles. The Kier molecular flexibility index (Phi) is 5.64. The SMILES string of the molecule is CCCCCn1nnc(CC#N)c1C(C)OC. The van der Waals surface area contributed by atoms with E-state index in [2.05, 4.69) is 23.3 Å². The van der Waals surface area contributed by atoms with E-state index < -0.39 is 0 Å². The first-order valence-corrected chi connectivity index (χ1v) is 6.06. The summed E-state index contributed by atoms with van der Waals surface area (Å²) in [4.78, 5) is 0. The van der Waals surface area contributed by atoms with Gasteiger partial charge >= 0.3 is 0 Å². The quantitative estimate of drug-likeness (QED) is 0.681. The van der Waals surface area contributed by atoms with Crippen LogP contribution in [-0.4, -0.2) is 22.1 Å². The number of aromatic nitrogens is 3. The standard InChI is InChI=1S/C12H20N4O/c1-4-5-6-9-16-12(10(2)17-3)11(7-8-13)14-15-16/h10H,4-7,9H2,1-3H3. The minimum absolute atomic E-state index is 0.0741. The van der Waals surface area contributed by atoms with Crippen LogP contribution in [0.1, 0.15) is 50.6 Å². The summed E-state index contributed by atoms with van der Waals surface area (Å²) in [6, 6.07) is 2.11. The lowest BCUT2D eigenvalue weighted by Crippen LogP contribution is -2.10. The third-order valence-electron chi connectivity index (χ3n) is 2.81. The first-order chi connectivity index (χ1) is 8.24. The van der Waals surface area contributed by atoms with Crippen molar-refractivity contribution in [3.63, 3.8) is 0 Å². The molecular formula is C12H20N4O. The molecule has 1 heterocycles. The summed E-state index contributed by atoms with van der Waals surface area (Å²) in [6.07, 6.45) is 3.64. The van der Waals surface area contributed by atoms with Gasteiger partial charge in [0, 0.05) is 13.7 Å². The second kappa shape index (κ2) is 7.02. The molecule has 0 aliphatic heterocycles. The molecule has 0 N–H and O–H groups in total. The normalized spacial score (nSPS) is 12.4. The molecule has 0 bridgehead atoms. The molecule has 17 heavy (non-hydrogen) atoms. The lowest BCUT2D eigenvalue weighted by atomic mass is 10.2. The molecule has 0 amide bonds. The van der Waals surface area contributed by atoms with Gasteiger partial charge in [0.25, 0.3) is 0 Å².